The zero-order valence-corrected chi connectivity index (χ0v) is 14.0. The van der Waals surface area contributed by atoms with Crippen molar-refractivity contribution < 1.29 is 19.1 Å². The van der Waals surface area contributed by atoms with E-state index in [0.29, 0.717) is 16.8 Å². The first-order chi connectivity index (χ1) is 11.1. The van der Waals surface area contributed by atoms with Crippen molar-refractivity contribution in [2.45, 2.75) is 6.54 Å². The lowest BCUT2D eigenvalue weighted by atomic mass is 10.2. The molecule has 0 bridgehead atoms. The Bertz CT molecular complexity index is 706. The Morgan fingerprint density at radius 1 is 1.26 bits per heavy atom. The quantitative estimate of drug-likeness (QED) is 0.780. The van der Waals surface area contributed by atoms with Crippen LogP contribution in [0, 0.1) is 0 Å². The van der Waals surface area contributed by atoms with Gasteiger partial charge in [-0.3, -0.25) is 9.78 Å². The van der Waals surface area contributed by atoms with Crippen LogP contribution in [0.3, 0.4) is 0 Å². The van der Waals surface area contributed by atoms with Crippen molar-refractivity contribution in [3.8, 4) is 5.75 Å². The molecule has 0 saturated heterocycles. The predicted octanol–water partition coefficient (Wildman–Crippen LogP) is 2.33. The van der Waals surface area contributed by atoms with Crippen molar-refractivity contribution in [1.82, 2.24) is 10.3 Å². The van der Waals surface area contributed by atoms with Crippen LogP contribution in [0.15, 0.2) is 47.2 Å². The molecule has 1 aromatic carbocycles. The van der Waals surface area contributed by atoms with Crippen LogP contribution in [0.2, 0.25) is 0 Å². The number of amides is 1. The molecule has 0 aliphatic carbocycles. The standard InChI is InChI=1S/C16H15BrN2O4/c1-22-14-5-3-2-4-11(14)8-19-15(20)10-23-16(21)12-6-13(17)9-18-7-12/h2-7,9H,8,10H2,1H3,(H,19,20). The second-order valence-electron chi connectivity index (χ2n) is 4.56. The highest BCUT2D eigenvalue weighted by Gasteiger charge is 2.11. The predicted molar refractivity (Wildman–Crippen MR) is 87.1 cm³/mol. The van der Waals surface area contributed by atoms with Gasteiger partial charge in [0.05, 0.1) is 12.7 Å². The Morgan fingerprint density at radius 2 is 2.04 bits per heavy atom. The first-order valence-electron chi connectivity index (χ1n) is 6.76. The highest BCUT2D eigenvalue weighted by molar-refractivity contribution is 9.10. The number of methoxy groups -OCH3 is 1. The lowest BCUT2D eigenvalue weighted by molar-refractivity contribution is -0.124. The van der Waals surface area contributed by atoms with Crippen molar-refractivity contribution in [1.29, 1.82) is 0 Å². The highest BCUT2D eigenvalue weighted by Crippen LogP contribution is 2.16. The minimum Gasteiger partial charge on any atom is -0.496 e. The topological polar surface area (TPSA) is 77.5 Å². The Labute approximate surface area is 142 Å². The number of esters is 1. The molecule has 1 aromatic heterocycles. The average Bonchev–Trinajstić information content (AvgIpc) is 2.58. The minimum atomic E-state index is -0.605. The van der Waals surface area contributed by atoms with Crippen molar-refractivity contribution >= 4 is 27.8 Å². The van der Waals surface area contributed by atoms with E-state index in [9.17, 15) is 9.59 Å². The number of hydrogen-bond donors (Lipinski definition) is 1. The number of para-hydroxylation sites is 1. The molecule has 1 N–H and O–H groups in total. The summed E-state index contributed by atoms with van der Waals surface area (Å²) in [6, 6.07) is 8.92. The maximum Gasteiger partial charge on any atom is 0.340 e. The van der Waals surface area contributed by atoms with Crippen molar-refractivity contribution in [3.05, 3.63) is 58.3 Å². The van der Waals surface area contributed by atoms with E-state index in [1.807, 2.05) is 24.3 Å². The Balaban J connectivity index is 1.82. The van der Waals surface area contributed by atoms with Crippen LogP contribution in [-0.2, 0) is 16.1 Å². The summed E-state index contributed by atoms with van der Waals surface area (Å²) in [5.41, 5.74) is 1.11. The lowest BCUT2D eigenvalue weighted by Crippen LogP contribution is -2.28. The molecule has 1 heterocycles. The fourth-order valence-corrected chi connectivity index (χ4v) is 2.20. The van der Waals surface area contributed by atoms with E-state index in [4.69, 9.17) is 9.47 Å². The van der Waals surface area contributed by atoms with E-state index in [0.717, 1.165) is 5.56 Å². The summed E-state index contributed by atoms with van der Waals surface area (Å²) >= 11 is 3.21. The average molecular weight is 379 g/mol. The smallest absolute Gasteiger partial charge is 0.340 e. The van der Waals surface area contributed by atoms with Crippen molar-refractivity contribution in [2.24, 2.45) is 0 Å². The minimum absolute atomic E-state index is 0.275. The number of nitrogens with zero attached hydrogens (tertiary/aromatic N) is 1. The zero-order valence-electron chi connectivity index (χ0n) is 12.4. The van der Waals surface area contributed by atoms with Crippen LogP contribution in [0.25, 0.3) is 0 Å². The molecule has 120 valence electrons. The van der Waals surface area contributed by atoms with Crippen LogP contribution in [0.5, 0.6) is 5.75 Å². The molecule has 6 nitrogen and oxygen atoms in total. The molecule has 2 rings (SSSR count). The van der Waals surface area contributed by atoms with Gasteiger partial charge in [0, 0.05) is 29.0 Å². The number of benzene rings is 1. The van der Waals surface area contributed by atoms with E-state index in [1.54, 1.807) is 19.4 Å². The van der Waals surface area contributed by atoms with E-state index in [1.165, 1.54) is 6.20 Å². The molecule has 0 fully saturated rings. The third-order valence-corrected chi connectivity index (χ3v) is 3.38. The number of ether oxygens (including phenoxy) is 2. The maximum atomic E-state index is 11.8. The molecule has 23 heavy (non-hydrogen) atoms. The maximum absolute atomic E-state index is 11.8. The van der Waals surface area contributed by atoms with Gasteiger partial charge in [0.25, 0.3) is 5.91 Å². The summed E-state index contributed by atoms with van der Waals surface area (Å²) in [5.74, 6) is -0.316. The van der Waals surface area contributed by atoms with Gasteiger partial charge < -0.3 is 14.8 Å². The third-order valence-electron chi connectivity index (χ3n) is 2.94. The van der Waals surface area contributed by atoms with E-state index in [-0.39, 0.29) is 12.2 Å². The second kappa shape index (κ2) is 8.28. The second-order valence-corrected chi connectivity index (χ2v) is 5.47. The number of halogens is 1. The van der Waals surface area contributed by atoms with Gasteiger partial charge in [-0.25, -0.2) is 4.79 Å². The van der Waals surface area contributed by atoms with Gasteiger partial charge in [-0.15, -0.1) is 0 Å². The van der Waals surface area contributed by atoms with Gasteiger partial charge in [-0.05, 0) is 28.1 Å². The summed E-state index contributed by atoms with van der Waals surface area (Å²) in [7, 11) is 1.56. The van der Waals surface area contributed by atoms with Crippen molar-refractivity contribution in [3.63, 3.8) is 0 Å². The van der Waals surface area contributed by atoms with E-state index < -0.39 is 11.9 Å². The molecular weight excluding hydrogens is 364 g/mol. The van der Waals surface area contributed by atoms with Crippen molar-refractivity contribution in [2.75, 3.05) is 13.7 Å². The number of carbonyl (C=O) groups is 2. The SMILES string of the molecule is COc1ccccc1CNC(=O)COC(=O)c1cncc(Br)c1. The van der Waals surface area contributed by atoms with Crippen LogP contribution < -0.4 is 10.1 Å². The molecule has 1 amide bonds. The van der Waals surface area contributed by atoms with Gasteiger partial charge in [-0.1, -0.05) is 18.2 Å². The lowest BCUT2D eigenvalue weighted by Gasteiger charge is -2.10. The molecule has 0 unspecified atom stereocenters. The molecule has 0 spiro atoms. The molecule has 0 aliphatic heterocycles. The molecular formula is C16H15BrN2O4. The van der Waals surface area contributed by atoms with Gasteiger partial charge in [0.2, 0.25) is 0 Å². The monoisotopic (exact) mass is 378 g/mol. The number of rotatable bonds is 6. The number of carbonyl (C=O) groups excluding carboxylic acids is 2. The summed E-state index contributed by atoms with van der Waals surface area (Å²) < 4.78 is 10.8. The normalized spacial score (nSPS) is 10.0. The van der Waals surface area contributed by atoms with Gasteiger partial charge in [0.15, 0.2) is 6.61 Å². The summed E-state index contributed by atoms with van der Waals surface area (Å²) in [6.07, 6.45) is 2.93. The number of pyridine rings is 1. The van der Waals surface area contributed by atoms with Crippen LogP contribution in [0.4, 0.5) is 0 Å². The third kappa shape index (κ3) is 5.07. The summed E-state index contributed by atoms with van der Waals surface area (Å²) in [4.78, 5) is 27.4. The first-order valence-corrected chi connectivity index (χ1v) is 7.55. The Kier molecular flexibility index (Phi) is 6.10. The van der Waals surface area contributed by atoms with E-state index >= 15 is 0 Å². The first kappa shape index (κ1) is 17.0. The highest BCUT2D eigenvalue weighted by atomic mass is 79.9. The fraction of sp³-hybridized carbons (Fsp3) is 0.188. The van der Waals surface area contributed by atoms with Gasteiger partial charge >= 0.3 is 5.97 Å². The number of hydrogen-bond acceptors (Lipinski definition) is 5. The molecule has 0 radical (unpaired) electrons. The zero-order chi connectivity index (χ0) is 16.7. The Hall–Kier alpha value is -2.41. The van der Waals surface area contributed by atoms with Crippen LogP contribution >= 0.6 is 15.9 Å². The Morgan fingerprint density at radius 3 is 2.78 bits per heavy atom. The molecule has 0 aliphatic rings. The number of nitrogens with one attached hydrogen (secondary N) is 1. The number of aromatic nitrogens is 1. The van der Waals surface area contributed by atoms with E-state index in [2.05, 4.69) is 26.2 Å². The summed E-state index contributed by atoms with van der Waals surface area (Å²) in [5, 5.41) is 2.67. The molecule has 2 aromatic rings. The summed E-state index contributed by atoms with van der Waals surface area (Å²) in [6.45, 7) is -0.0701. The molecule has 0 saturated carbocycles. The van der Waals surface area contributed by atoms with Gasteiger partial charge in [-0.2, -0.15) is 0 Å². The van der Waals surface area contributed by atoms with Gasteiger partial charge in [0.1, 0.15) is 5.75 Å². The molecule has 0 atom stereocenters. The van der Waals surface area contributed by atoms with Crippen LogP contribution in [0.1, 0.15) is 15.9 Å². The largest absolute Gasteiger partial charge is 0.496 e. The molecule has 7 heteroatoms. The fourth-order valence-electron chi connectivity index (χ4n) is 1.83. The van der Waals surface area contributed by atoms with Crippen LogP contribution in [-0.4, -0.2) is 30.6 Å².